The largest absolute Gasteiger partial charge is 0.388 e. The van der Waals surface area contributed by atoms with E-state index in [1.54, 1.807) is 18.2 Å². The van der Waals surface area contributed by atoms with Crippen LogP contribution in [0.25, 0.3) is 0 Å². The normalized spacial score (nSPS) is 9.00. The third-order valence-corrected chi connectivity index (χ3v) is 1.62. The molecular weight excluding hydrogens is 191 g/mol. The van der Waals surface area contributed by atoms with Gasteiger partial charge < -0.3 is 5.73 Å². The number of nitrogens with one attached hydrogen (secondary N) is 1. The quantitative estimate of drug-likeness (QED) is 0.573. The van der Waals surface area contributed by atoms with Crippen molar-refractivity contribution in [3.63, 3.8) is 0 Å². The Kier molecular flexibility index (Phi) is 5.07. The van der Waals surface area contributed by atoms with Gasteiger partial charge in [0.2, 0.25) is 0 Å². The van der Waals surface area contributed by atoms with Gasteiger partial charge in [-0.05, 0) is 18.1 Å². The van der Waals surface area contributed by atoms with Gasteiger partial charge in [0, 0.05) is 6.42 Å². The molecule has 0 bridgehead atoms. The third-order valence-electron chi connectivity index (χ3n) is 1.62. The van der Waals surface area contributed by atoms with Crippen LogP contribution < -0.4 is 5.73 Å². The summed E-state index contributed by atoms with van der Waals surface area (Å²) in [6.07, 6.45) is 0.920. The van der Waals surface area contributed by atoms with Gasteiger partial charge in [0.25, 0.3) is 0 Å². The monoisotopic (exact) mass is 202 g/mol. The van der Waals surface area contributed by atoms with Crippen molar-refractivity contribution in [2.24, 2.45) is 5.73 Å². The molecule has 0 fully saturated rings. The number of halogens is 2. The van der Waals surface area contributed by atoms with E-state index in [-0.39, 0.29) is 24.1 Å². The maximum atomic E-state index is 12.9. The molecule has 3 N–H and O–H groups in total. The Morgan fingerprint density at radius 2 is 2.00 bits per heavy atom. The van der Waals surface area contributed by atoms with Gasteiger partial charge in [0.15, 0.2) is 0 Å². The molecule has 0 unspecified atom stereocenters. The molecule has 2 nitrogen and oxygen atoms in total. The van der Waals surface area contributed by atoms with Crippen molar-refractivity contribution in [3.8, 4) is 0 Å². The molecule has 72 valence electrons. The Morgan fingerprint density at radius 1 is 1.38 bits per heavy atom. The van der Waals surface area contributed by atoms with Crippen LogP contribution in [-0.2, 0) is 6.42 Å². The number of hydrogen-bond donors (Lipinski definition) is 2. The van der Waals surface area contributed by atoms with E-state index in [2.05, 4.69) is 0 Å². The highest BCUT2D eigenvalue weighted by Gasteiger charge is 2.00. The Bertz CT molecular complexity index is 289. The van der Waals surface area contributed by atoms with Gasteiger partial charge >= 0.3 is 0 Å². The lowest BCUT2D eigenvalue weighted by Crippen LogP contribution is -2.10. The fourth-order valence-corrected chi connectivity index (χ4v) is 0.970. The van der Waals surface area contributed by atoms with Crippen molar-refractivity contribution in [2.75, 3.05) is 0 Å². The summed E-state index contributed by atoms with van der Waals surface area (Å²) in [7, 11) is 0. The smallest absolute Gasteiger partial charge is 0.126 e. The van der Waals surface area contributed by atoms with Crippen molar-refractivity contribution >= 4 is 18.2 Å². The molecule has 1 aromatic rings. The molecule has 0 saturated carbocycles. The lowest BCUT2D eigenvalue weighted by atomic mass is 10.1. The third kappa shape index (κ3) is 3.90. The fraction of sp³-hybridized carbons (Fsp3) is 0.222. The molecular formula is C9H12ClFN2. The molecule has 0 aliphatic carbocycles. The zero-order valence-corrected chi connectivity index (χ0v) is 7.90. The first kappa shape index (κ1) is 11.9. The number of amidine groups is 1. The summed E-state index contributed by atoms with van der Waals surface area (Å²) < 4.78 is 12.9. The van der Waals surface area contributed by atoms with Crippen LogP contribution in [0.1, 0.15) is 12.0 Å². The SMILES string of the molecule is Cl.N=C(N)CCc1ccccc1F. The first-order valence-corrected chi connectivity index (χ1v) is 3.76. The van der Waals surface area contributed by atoms with Crippen molar-refractivity contribution in [3.05, 3.63) is 35.6 Å². The van der Waals surface area contributed by atoms with Gasteiger partial charge in [-0.1, -0.05) is 18.2 Å². The Labute approximate surface area is 82.9 Å². The summed E-state index contributed by atoms with van der Waals surface area (Å²) in [5.41, 5.74) is 5.77. The number of rotatable bonds is 3. The molecule has 0 spiro atoms. The molecule has 0 aliphatic rings. The first-order chi connectivity index (χ1) is 5.70. The Hall–Kier alpha value is -1.09. The van der Waals surface area contributed by atoms with Crippen LogP contribution >= 0.6 is 12.4 Å². The van der Waals surface area contributed by atoms with Crippen molar-refractivity contribution in [2.45, 2.75) is 12.8 Å². The maximum Gasteiger partial charge on any atom is 0.126 e. The van der Waals surface area contributed by atoms with Gasteiger partial charge in [-0.2, -0.15) is 0 Å². The predicted molar refractivity (Wildman–Crippen MR) is 53.9 cm³/mol. The topological polar surface area (TPSA) is 49.9 Å². The molecule has 4 heteroatoms. The average Bonchev–Trinajstić information content (AvgIpc) is 2.03. The zero-order chi connectivity index (χ0) is 8.97. The fourth-order valence-electron chi connectivity index (χ4n) is 0.970. The average molecular weight is 203 g/mol. The lowest BCUT2D eigenvalue weighted by Gasteiger charge is -2.00. The maximum absolute atomic E-state index is 12.9. The van der Waals surface area contributed by atoms with Crippen molar-refractivity contribution in [1.29, 1.82) is 5.41 Å². The van der Waals surface area contributed by atoms with Crippen LogP contribution in [0.2, 0.25) is 0 Å². The van der Waals surface area contributed by atoms with E-state index in [1.807, 2.05) is 0 Å². The van der Waals surface area contributed by atoms with E-state index >= 15 is 0 Å². The molecule has 0 saturated heterocycles. The number of aryl methyl sites for hydroxylation is 1. The van der Waals surface area contributed by atoms with Crippen LogP contribution in [0, 0.1) is 11.2 Å². The van der Waals surface area contributed by atoms with Crippen LogP contribution in [0.15, 0.2) is 24.3 Å². The summed E-state index contributed by atoms with van der Waals surface area (Å²) >= 11 is 0. The zero-order valence-electron chi connectivity index (χ0n) is 7.09. The molecule has 0 atom stereocenters. The van der Waals surface area contributed by atoms with Crippen LogP contribution in [0.3, 0.4) is 0 Å². The minimum Gasteiger partial charge on any atom is -0.388 e. The second-order valence-electron chi connectivity index (χ2n) is 2.62. The van der Waals surface area contributed by atoms with E-state index < -0.39 is 0 Å². The Balaban J connectivity index is 0.00000144. The van der Waals surface area contributed by atoms with E-state index in [4.69, 9.17) is 11.1 Å². The second kappa shape index (κ2) is 5.54. The number of benzene rings is 1. The molecule has 0 heterocycles. The second-order valence-corrected chi connectivity index (χ2v) is 2.62. The molecule has 13 heavy (non-hydrogen) atoms. The van der Waals surface area contributed by atoms with Gasteiger partial charge in [0.1, 0.15) is 5.82 Å². The highest BCUT2D eigenvalue weighted by molar-refractivity contribution is 5.85. The van der Waals surface area contributed by atoms with Gasteiger partial charge in [-0.3, -0.25) is 5.41 Å². The summed E-state index contributed by atoms with van der Waals surface area (Å²) in [5.74, 6) is -0.128. The van der Waals surface area contributed by atoms with Crippen LogP contribution in [-0.4, -0.2) is 5.84 Å². The van der Waals surface area contributed by atoms with E-state index in [0.29, 0.717) is 18.4 Å². The van der Waals surface area contributed by atoms with E-state index in [0.717, 1.165) is 0 Å². The molecule has 0 amide bonds. The molecule has 0 aliphatic heterocycles. The standard InChI is InChI=1S/C9H11FN2.ClH/c10-8-4-2-1-3-7(8)5-6-9(11)12;/h1-4H,5-6H2,(H3,11,12);1H. The molecule has 1 rings (SSSR count). The van der Waals surface area contributed by atoms with Crippen LogP contribution in [0.4, 0.5) is 4.39 Å². The van der Waals surface area contributed by atoms with E-state index in [1.165, 1.54) is 6.07 Å². The summed E-state index contributed by atoms with van der Waals surface area (Å²) in [5, 5.41) is 6.97. The predicted octanol–water partition coefficient (Wildman–Crippen LogP) is 2.12. The summed E-state index contributed by atoms with van der Waals surface area (Å²) in [6.45, 7) is 0. The molecule has 0 radical (unpaired) electrons. The molecule has 0 aromatic heterocycles. The van der Waals surface area contributed by atoms with E-state index in [9.17, 15) is 4.39 Å². The van der Waals surface area contributed by atoms with Crippen molar-refractivity contribution < 1.29 is 4.39 Å². The first-order valence-electron chi connectivity index (χ1n) is 3.76. The highest BCUT2D eigenvalue weighted by Crippen LogP contribution is 2.08. The van der Waals surface area contributed by atoms with Gasteiger partial charge in [-0.15, -0.1) is 12.4 Å². The summed E-state index contributed by atoms with van der Waals surface area (Å²) in [6, 6.07) is 6.54. The molecule has 1 aromatic carbocycles. The van der Waals surface area contributed by atoms with Gasteiger partial charge in [0.05, 0.1) is 5.84 Å². The number of nitrogens with two attached hydrogens (primary N) is 1. The minimum atomic E-state index is -0.223. The minimum absolute atomic E-state index is 0. The van der Waals surface area contributed by atoms with Crippen molar-refractivity contribution in [1.82, 2.24) is 0 Å². The lowest BCUT2D eigenvalue weighted by molar-refractivity contribution is 0.610. The van der Waals surface area contributed by atoms with Crippen LogP contribution in [0.5, 0.6) is 0 Å². The highest BCUT2D eigenvalue weighted by atomic mass is 35.5. The number of hydrogen-bond acceptors (Lipinski definition) is 1. The summed E-state index contributed by atoms with van der Waals surface area (Å²) in [4.78, 5) is 0. The van der Waals surface area contributed by atoms with Gasteiger partial charge in [-0.25, -0.2) is 4.39 Å². The Morgan fingerprint density at radius 3 is 2.54 bits per heavy atom.